The molecule has 0 saturated heterocycles. The van der Waals surface area contributed by atoms with Crippen LogP contribution in [0.25, 0.3) is 0 Å². The van der Waals surface area contributed by atoms with Crippen LogP contribution in [0.3, 0.4) is 0 Å². The minimum absolute atomic E-state index is 0.116. The highest BCUT2D eigenvalue weighted by atomic mass is 35.5. The van der Waals surface area contributed by atoms with Crippen molar-refractivity contribution in [3.8, 4) is 11.6 Å². The van der Waals surface area contributed by atoms with Crippen LogP contribution in [0.4, 0.5) is 5.69 Å². The van der Waals surface area contributed by atoms with Gasteiger partial charge in [-0.15, -0.1) is 0 Å². The highest BCUT2D eigenvalue weighted by Gasteiger charge is 2.18. The molecule has 0 aliphatic rings. The molecule has 1 N–H and O–H groups in total. The van der Waals surface area contributed by atoms with Crippen LogP contribution in [0.2, 0.25) is 10.0 Å². The molecular formula is C10H5Cl2N3O4. The van der Waals surface area contributed by atoms with Crippen molar-refractivity contribution in [2.75, 3.05) is 0 Å². The maximum absolute atomic E-state index is 11.2. The van der Waals surface area contributed by atoms with Crippen LogP contribution in [0.5, 0.6) is 11.6 Å². The number of rotatable bonds is 3. The molecule has 0 spiro atoms. The molecule has 7 nitrogen and oxygen atoms in total. The monoisotopic (exact) mass is 301 g/mol. The van der Waals surface area contributed by atoms with Crippen molar-refractivity contribution in [2.24, 2.45) is 0 Å². The number of aromatic amines is 1. The maximum atomic E-state index is 11.2. The zero-order valence-electron chi connectivity index (χ0n) is 9.09. The Morgan fingerprint density at radius 2 is 2.11 bits per heavy atom. The van der Waals surface area contributed by atoms with Crippen LogP contribution in [0, 0.1) is 10.1 Å². The SMILES string of the molecule is O=c1[nH]cnc(Oc2ccc(Cl)cc2[N+](=O)[O-])c1Cl. The molecule has 0 atom stereocenters. The number of benzene rings is 1. The van der Waals surface area contributed by atoms with E-state index in [0.717, 1.165) is 12.4 Å². The van der Waals surface area contributed by atoms with E-state index in [2.05, 4.69) is 9.97 Å². The molecule has 0 amide bonds. The van der Waals surface area contributed by atoms with Gasteiger partial charge in [0.05, 0.1) is 11.3 Å². The van der Waals surface area contributed by atoms with E-state index in [1.807, 2.05) is 0 Å². The predicted octanol–water partition coefficient (Wildman–Crippen LogP) is 2.78. The van der Waals surface area contributed by atoms with Gasteiger partial charge in [-0.3, -0.25) is 14.9 Å². The molecule has 1 aromatic carbocycles. The third-order valence-corrected chi connectivity index (χ3v) is 2.66. The van der Waals surface area contributed by atoms with Gasteiger partial charge >= 0.3 is 5.69 Å². The van der Waals surface area contributed by atoms with Gasteiger partial charge in [-0.05, 0) is 12.1 Å². The Bertz CT molecular complexity index is 701. The highest BCUT2D eigenvalue weighted by Crippen LogP contribution is 2.34. The Labute approximate surface area is 115 Å². The van der Waals surface area contributed by atoms with Crippen LogP contribution in [0.15, 0.2) is 29.3 Å². The highest BCUT2D eigenvalue weighted by molar-refractivity contribution is 6.31. The first kappa shape index (κ1) is 13.3. The van der Waals surface area contributed by atoms with Gasteiger partial charge in [-0.25, -0.2) is 4.98 Å². The van der Waals surface area contributed by atoms with E-state index >= 15 is 0 Å². The van der Waals surface area contributed by atoms with E-state index in [4.69, 9.17) is 27.9 Å². The van der Waals surface area contributed by atoms with Gasteiger partial charge in [-0.1, -0.05) is 23.2 Å². The second kappa shape index (κ2) is 5.25. The molecule has 1 heterocycles. The standard InChI is InChI=1S/C10H5Cl2N3O4/c11-5-1-2-7(6(3-5)15(17)18)19-10-8(12)9(16)13-4-14-10/h1-4H,(H,13,14,16). The zero-order valence-corrected chi connectivity index (χ0v) is 10.6. The smallest absolute Gasteiger partial charge is 0.313 e. The molecule has 2 aromatic rings. The molecule has 0 bridgehead atoms. The van der Waals surface area contributed by atoms with Crippen LogP contribution in [0.1, 0.15) is 0 Å². The van der Waals surface area contributed by atoms with E-state index in [1.165, 1.54) is 12.1 Å². The fourth-order valence-corrected chi connectivity index (χ4v) is 1.57. The molecule has 19 heavy (non-hydrogen) atoms. The molecule has 0 aliphatic heterocycles. The minimum Gasteiger partial charge on any atom is -0.430 e. The number of nitrogens with one attached hydrogen (secondary N) is 1. The normalized spacial score (nSPS) is 10.2. The summed E-state index contributed by atoms with van der Waals surface area (Å²) in [6.07, 6.45) is 1.07. The molecule has 0 saturated carbocycles. The van der Waals surface area contributed by atoms with E-state index in [-0.39, 0.29) is 27.4 Å². The molecule has 0 aliphatic carbocycles. The summed E-state index contributed by atoms with van der Waals surface area (Å²) in [6.45, 7) is 0. The molecule has 0 radical (unpaired) electrons. The lowest BCUT2D eigenvalue weighted by atomic mass is 10.3. The van der Waals surface area contributed by atoms with Gasteiger partial charge < -0.3 is 9.72 Å². The van der Waals surface area contributed by atoms with Crippen molar-refractivity contribution >= 4 is 28.9 Å². The summed E-state index contributed by atoms with van der Waals surface area (Å²) in [6, 6.07) is 3.82. The Kier molecular flexibility index (Phi) is 3.68. The first-order valence-electron chi connectivity index (χ1n) is 4.84. The predicted molar refractivity (Wildman–Crippen MR) is 68.0 cm³/mol. The Hall–Kier alpha value is -2.12. The fraction of sp³-hybridized carbons (Fsp3) is 0. The van der Waals surface area contributed by atoms with E-state index in [1.54, 1.807) is 0 Å². The van der Waals surface area contributed by atoms with Crippen LogP contribution < -0.4 is 10.3 Å². The summed E-state index contributed by atoms with van der Waals surface area (Å²) < 4.78 is 5.17. The largest absolute Gasteiger partial charge is 0.430 e. The quantitative estimate of drug-likeness (QED) is 0.694. The topological polar surface area (TPSA) is 98.1 Å². The third kappa shape index (κ3) is 2.83. The molecule has 0 fully saturated rings. The molecule has 9 heteroatoms. The number of hydrogen-bond donors (Lipinski definition) is 1. The lowest BCUT2D eigenvalue weighted by molar-refractivity contribution is -0.385. The minimum atomic E-state index is -0.664. The first-order valence-corrected chi connectivity index (χ1v) is 5.59. The van der Waals surface area contributed by atoms with Gasteiger partial charge in [0.15, 0.2) is 5.02 Å². The van der Waals surface area contributed by atoms with Crippen molar-refractivity contribution in [3.63, 3.8) is 0 Å². The van der Waals surface area contributed by atoms with Gasteiger partial charge in [0.2, 0.25) is 11.6 Å². The lowest BCUT2D eigenvalue weighted by Crippen LogP contribution is -2.08. The van der Waals surface area contributed by atoms with E-state index in [9.17, 15) is 14.9 Å². The van der Waals surface area contributed by atoms with Crippen molar-refractivity contribution in [1.29, 1.82) is 0 Å². The van der Waals surface area contributed by atoms with Gasteiger partial charge in [0.1, 0.15) is 0 Å². The number of hydrogen-bond acceptors (Lipinski definition) is 5. The second-order valence-electron chi connectivity index (χ2n) is 3.32. The summed E-state index contributed by atoms with van der Waals surface area (Å²) in [5.74, 6) is -0.342. The number of H-pyrrole nitrogens is 1. The Morgan fingerprint density at radius 3 is 2.79 bits per heavy atom. The second-order valence-corrected chi connectivity index (χ2v) is 4.14. The average molecular weight is 302 g/mol. The lowest BCUT2D eigenvalue weighted by Gasteiger charge is -2.06. The van der Waals surface area contributed by atoms with Crippen molar-refractivity contribution < 1.29 is 9.66 Å². The molecule has 0 unspecified atom stereocenters. The maximum Gasteiger partial charge on any atom is 0.313 e. The van der Waals surface area contributed by atoms with Crippen molar-refractivity contribution in [1.82, 2.24) is 9.97 Å². The summed E-state index contributed by atoms with van der Waals surface area (Å²) in [4.78, 5) is 27.4. The Balaban J connectivity index is 2.46. The summed E-state index contributed by atoms with van der Waals surface area (Å²) in [7, 11) is 0. The van der Waals surface area contributed by atoms with Gasteiger partial charge in [0.25, 0.3) is 5.56 Å². The summed E-state index contributed by atoms with van der Waals surface area (Å²) >= 11 is 11.3. The van der Waals surface area contributed by atoms with E-state index in [0.29, 0.717) is 0 Å². The van der Waals surface area contributed by atoms with Gasteiger partial charge in [0, 0.05) is 11.1 Å². The third-order valence-electron chi connectivity index (χ3n) is 2.09. The number of nitro groups is 1. The summed E-state index contributed by atoms with van der Waals surface area (Å²) in [5, 5.41) is 10.7. The van der Waals surface area contributed by atoms with Gasteiger partial charge in [-0.2, -0.15) is 0 Å². The Morgan fingerprint density at radius 1 is 1.37 bits per heavy atom. The van der Waals surface area contributed by atoms with Crippen LogP contribution in [-0.4, -0.2) is 14.9 Å². The molecular weight excluding hydrogens is 297 g/mol. The van der Waals surface area contributed by atoms with Crippen molar-refractivity contribution in [3.05, 3.63) is 55.0 Å². The number of ether oxygens (including phenoxy) is 1. The molecule has 98 valence electrons. The number of aromatic nitrogens is 2. The number of halogens is 2. The van der Waals surface area contributed by atoms with Crippen LogP contribution in [-0.2, 0) is 0 Å². The zero-order chi connectivity index (χ0) is 14.0. The summed E-state index contributed by atoms with van der Waals surface area (Å²) in [5.41, 5.74) is -0.964. The number of nitrogens with zero attached hydrogens (tertiary/aromatic N) is 2. The average Bonchev–Trinajstić information content (AvgIpc) is 2.36. The van der Waals surface area contributed by atoms with E-state index < -0.39 is 10.5 Å². The first-order chi connectivity index (χ1) is 8.99. The molecule has 1 aromatic heterocycles. The van der Waals surface area contributed by atoms with Crippen molar-refractivity contribution in [2.45, 2.75) is 0 Å². The fourth-order valence-electron chi connectivity index (χ4n) is 1.26. The van der Waals surface area contributed by atoms with Crippen LogP contribution >= 0.6 is 23.2 Å². The number of nitro benzene ring substituents is 1. The molecule has 2 rings (SSSR count).